The van der Waals surface area contributed by atoms with Crippen LogP contribution in [-0.4, -0.2) is 35.8 Å². The van der Waals surface area contributed by atoms with Gasteiger partial charge in [-0.15, -0.1) is 0 Å². The molecule has 1 heterocycles. The van der Waals surface area contributed by atoms with E-state index < -0.39 is 6.09 Å². The summed E-state index contributed by atoms with van der Waals surface area (Å²) in [5.74, 6) is 2.15. The van der Waals surface area contributed by atoms with E-state index in [0.29, 0.717) is 31.5 Å². The van der Waals surface area contributed by atoms with Gasteiger partial charge in [-0.2, -0.15) is 0 Å². The summed E-state index contributed by atoms with van der Waals surface area (Å²) in [6.07, 6.45) is 2.53. The Hall–Kier alpha value is -1.55. The second-order valence-electron chi connectivity index (χ2n) is 6.27. The molecule has 0 bridgehead atoms. The summed E-state index contributed by atoms with van der Waals surface area (Å²) in [5, 5.41) is 8.96. The van der Waals surface area contributed by atoms with Gasteiger partial charge in [0, 0.05) is 13.1 Å². The number of ether oxygens (including phenoxy) is 1. The molecule has 3 rings (SSSR count). The van der Waals surface area contributed by atoms with E-state index in [4.69, 9.17) is 9.84 Å². The second kappa shape index (κ2) is 6.48. The Bertz CT molecular complexity index is 468. The van der Waals surface area contributed by atoms with E-state index in [9.17, 15) is 4.79 Å². The molecule has 0 radical (unpaired) electrons. The van der Waals surface area contributed by atoms with Crippen molar-refractivity contribution < 1.29 is 14.6 Å². The number of hydrogen-bond donors (Lipinski definition) is 1. The highest BCUT2D eigenvalue weighted by molar-refractivity contribution is 5.64. The number of amides is 1. The molecule has 2 fully saturated rings. The Balaban J connectivity index is 1.35. The lowest BCUT2D eigenvalue weighted by Gasteiger charge is -2.30. The van der Waals surface area contributed by atoms with Crippen LogP contribution in [0, 0.1) is 17.8 Å². The fourth-order valence-corrected chi connectivity index (χ4v) is 3.46. The maximum atomic E-state index is 10.9. The fraction of sp³-hybridized carbons (Fsp3) is 0.588. The number of hydrogen-bond acceptors (Lipinski definition) is 2. The van der Waals surface area contributed by atoms with Gasteiger partial charge in [0.15, 0.2) is 0 Å². The van der Waals surface area contributed by atoms with Gasteiger partial charge in [0.2, 0.25) is 0 Å². The minimum absolute atomic E-state index is 0.690. The predicted molar refractivity (Wildman–Crippen MR) is 80.0 cm³/mol. The quantitative estimate of drug-likeness (QED) is 0.905. The number of nitrogens with zero attached hydrogens (tertiary/aromatic N) is 1. The minimum Gasteiger partial charge on any atom is -0.465 e. The first kappa shape index (κ1) is 14.4. The highest BCUT2D eigenvalue weighted by atomic mass is 16.5. The minimum atomic E-state index is -0.771. The van der Waals surface area contributed by atoms with E-state index in [1.54, 1.807) is 4.90 Å². The Labute approximate surface area is 125 Å². The number of carbonyl (C=O) groups is 1. The third kappa shape index (κ3) is 3.76. The molecule has 21 heavy (non-hydrogen) atoms. The zero-order valence-electron chi connectivity index (χ0n) is 12.3. The Morgan fingerprint density at radius 3 is 2.62 bits per heavy atom. The molecule has 4 nitrogen and oxygen atoms in total. The van der Waals surface area contributed by atoms with Crippen LogP contribution in [0.3, 0.4) is 0 Å². The van der Waals surface area contributed by atoms with Gasteiger partial charge in [-0.25, -0.2) is 4.79 Å². The SMILES string of the molecule is O=C(O)N1CCC(C2CC2COCc2ccccc2)CC1. The van der Waals surface area contributed by atoms with Gasteiger partial charge in [0.1, 0.15) is 0 Å². The van der Waals surface area contributed by atoms with Crippen LogP contribution in [0.25, 0.3) is 0 Å². The zero-order chi connectivity index (χ0) is 14.7. The third-order valence-electron chi connectivity index (χ3n) is 4.84. The van der Waals surface area contributed by atoms with Crippen molar-refractivity contribution in [3.63, 3.8) is 0 Å². The van der Waals surface area contributed by atoms with Crippen LogP contribution in [0.1, 0.15) is 24.8 Å². The Morgan fingerprint density at radius 2 is 1.95 bits per heavy atom. The van der Waals surface area contributed by atoms with Crippen molar-refractivity contribution in [2.45, 2.75) is 25.9 Å². The average molecular weight is 289 g/mol. The van der Waals surface area contributed by atoms with Crippen molar-refractivity contribution in [2.75, 3.05) is 19.7 Å². The largest absolute Gasteiger partial charge is 0.465 e. The molecule has 1 amide bonds. The smallest absolute Gasteiger partial charge is 0.407 e. The molecule has 0 spiro atoms. The summed E-state index contributed by atoms with van der Waals surface area (Å²) in [7, 11) is 0. The summed E-state index contributed by atoms with van der Waals surface area (Å²) in [6, 6.07) is 10.3. The molecular formula is C17H23NO3. The topological polar surface area (TPSA) is 49.8 Å². The number of rotatable bonds is 5. The van der Waals surface area contributed by atoms with Gasteiger partial charge in [-0.05, 0) is 42.6 Å². The van der Waals surface area contributed by atoms with Crippen LogP contribution >= 0.6 is 0 Å². The normalized spacial score (nSPS) is 25.8. The van der Waals surface area contributed by atoms with E-state index >= 15 is 0 Å². The van der Waals surface area contributed by atoms with Crippen LogP contribution in [0.5, 0.6) is 0 Å². The number of likely N-dealkylation sites (tertiary alicyclic amines) is 1. The van der Waals surface area contributed by atoms with Gasteiger partial charge in [-0.3, -0.25) is 0 Å². The fourth-order valence-electron chi connectivity index (χ4n) is 3.46. The molecule has 2 atom stereocenters. The zero-order valence-corrected chi connectivity index (χ0v) is 12.3. The first-order valence-electron chi connectivity index (χ1n) is 7.83. The number of piperidine rings is 1. The van der Waals surface area contributed by atoms with Crippen molar-refractivity contribution in [2.24, 2.45) is 17.8 Å². The van der Waals surface area contributed by atoms with Gasteiger partial charge in [-0.1, -0.05) is 30.3 Å². The van der Waals surface area contributed by atoms with Crippen LogP contribution < -0.4 is 0 Å². The molecule has 1 N–H and O–H groups in total. The molecule has 1 saturated heterocycles. The summed E-state index contributed by atoms with van der Waals surface area (Å²) in [5.41, 5.74) is 1.23. The first-order valence-corrected chi connectivity index (χ1v) is 7.83. The number of carboxylic acid groups (broad SMARTS) is 1. The highest BCUT2D eigenvalue weighted by Crippen LogP contribution is 2.48. The van der Waals surface area contributed by atoms with Crippen molar-refractivity contribution in [1.82, 2.24) is 4.90 Å². The lowest BCUT2D eigenvalue weighted by Crippen LogP contribution is -2.38. The Kier molecular flexibility index (Phi) is 4.44. The molecular weight excluding hydrogens is 266 g/mol. The second-order valence-corrected chi connectivity index (χ2v) is 6.27. The molecule has 1 aromatic rings. The molecule has 2 unspecified atom stereocenters. The Morgan fingerprint density at radius 1 is 1.24 bits per heavy atom. The van der Waals surface area contributed by atoms with Gasteiger partial charge in [0.25, 0.3) is 0 Å². The number of benzene rings is 1. The summed E-state index contributed by atoms with van der Waals surface area (Å²) >= 11 is 0. The van der Waals surface area contributed by atoms with Gasteiger partial charge >= 0.3 is 6.09 Å². The molecule has 1 aliphatic carbocycles. The monoisotopic (exact) mass is 289 g/mol. The van der Waals surface area contributed by atoms with Gasteiger partial charge in [0.05, 0.1) is 13.2 Å². The summed E-state index contributed by atoms with van der Waals surface area (Å²) < 4.78 is 5.82. The van der Waals surface area contributed by atoms with Crippen molar-refractivity contribution >= 4 is 6.09 Å². The van der Waals surface area contributed by atoms with E-state index in [1.807, 2.05) is 18.2 Å². The molecule has 114 valence electrons. The lowest BCUT2D eigenvalue weighted by atomic mass is 9.91. The molecule has 0 aromatic heterocycles. The molecule has 1 aromatic carbocycles. The van der Waals surface area contributed by atoms with Crippen LogP contribution in [0.15, 0.2) is 30.3 Å². The highest BCUT2D eigenvalue weighted by Gasteiger charge is 2.43. The van der Waals surface area contributed by atoms with E-state index in [1.165, 1.54) is 12.0 Å². The molecule has 1 saturated carbocycles. The van der Waals surface area contributed by atoms with Crippen LogP contribution in [0.2, 0.25) is 0 Å². The van der Waals surface area contributed by atoms with Crippen LogP contribution in [0.4, 0.5) is 4.79 Å². The molecule has 4 heteroatoms. The molecule has 2 aliphatic rings. The predicted octanol–water partition coefficient (Wildman–Crippen LogP) is 3.23. The van der Waals surface area contributed by atoms with Crippen molar-refractivity contribution in [3.8, 4) is 0 Å². The first-order chi connectivity index (χ1) is 10.2. The van der Waals surface area contributed by atoms with Crippen molar-refractivity contribution in [1.29, 1.82) is 0 Å². The van der Waals surface area contributed by atoms with Gasteiger partial charge < -0.3 is 14.7 Å². The maximum Gasteiger partial charge on any atom is 0.407 e. The summed E-state index contributed by atoms with van der Waals surface area (Å²) in [4.78, 5) is 12.4. The van der Waals surface area contributed by atoms with E-state index in [0.717, 1.165) is 25.4 Å². The maximum absolute atomic E-state index is 10.9. The summed E-state index contributed by atoms with van der Waals surface area (Å²) in [6.45, 7) is 2.95. The third-order valence-corrected chi connectivity index (χ3v) is 4.84. The molecule has 1 aliphatic heterocycles. The average Bonchev–Trinajstić information content (AvgIpc) is 3.28. The lowest BCUT2D eigenvalue weighted by molar-refractivity contribution is 0.0968. The van der Waals surface area contributed by atoms with E-state index in [-0.39, 0.29) is 0 Å². The van der Waals surface area contributed by atoms with Crippen molar-refractivity contribution in [3.05, 3.63) is 35.9 Å². The van der Waals surface area contributed by atoms with E-state index in [2.05, 4.69) is 12.1 Å². The van der Waals surface area contributed by atoms with Crippen LogP contribution in [-0.2, 0) is 11.3 Å². The standard InChI is InChI=1S/C17H23NO3/c19-17(20)18-8-6-14(7-9-18)16-10-15(16)12-21-11-13-4-2-1-3-5-13/h1-5,14-16H,6-12H2,(H,19,20).